The third-order valence-corrected chi connectivity index (χ3v) is 6.03. The fourth-order valence-electron chi connectivity index (χ4n) is 3.72. The summed E-state index contributed by atoms with van der Waals surface area (Å²) in [6.45, 7) is 3.74. The van der Waals surface area contributed by atoms with Crippen molar-refractivity contribution < 1.29 is 4.39 Å². The van der Waals surface area contributed by atoms with Gasteiger partial charge in [-0.3, -0.25) is 18.9 Å². The van der Waals surface area contributed by atoms with Gasteiger partial charge in [0.1, 0.15) is 16.0 Å². The summed E-state index contributed by atoms with van der Waals surface area (Å²) in [5.74, 6) is -0.485. The van der Waals surface area contributed by atoms with Gasteiger partial charge in [0.2, 0.25) is 5.43 Å². The second-order valence-corrected chi connectivity index (χ2v) is 7.87. The highest BCUT2D eigenvalue weighted by Gasteiger charge is 2.29. The number of H-pyrrole nitrogens is 1. The van der Waals surface area contributed by atoms with Crippen molar-refractivity contribution in [3.63, 3.8) is 0 Å². The van der Waals surface area contributed by atoms with Crippen LogP contribution >= 0.6 is 11.5 Å². The first kappa shape index (κ1) is 16.4. The van der Waals surface area contributed by atoms with E-state index in [9.17, 15) is 14.0 Å². The van der Waals surface area contributed by atoms with E-state index < -0.39 is 16.8 Å². The zero-order chi connectivity index (χ0) is 18.9. The molecule has 1 saturated carbocycles. The van der Waals surface area contributed by atoms with E-state index in [2.05, 4.69) is 9.36 Å². The molecule has 136 valence electrons. The molecule has 5 nitrogen and oxygen atoms in total. The molecule has 7 heteroatoms. The summed E-state index contributed by atoms with van der Waals surface area (Å²) in [6, 6.07) is 6.93. The molecule has 1 aliphatic carbocycles. The summed E-state index contributed by atoms with van der Waals surface area (Å²) in [5.41, 5.74) is 2.58. The SMILES string of the molecule is Cc1ccc(-c2cc3c(cc2F)c(=O)c2c(=O)[nH]sc2n3C2CC2)c(C)n1. The first-order valence-electron chi connectivity index (χ1n) is 8.79. The summed E-state index contributed by atoms with van der Waals surface area (Å²) in [4.78, 5) is 30.1. The van der Waals surface area contributed by atoms with Crippen LogP contribution in [0.2, 0.25) is 0 Å². The molecule has 1 N–H and O–H groups in total. The second-order valence-electron chi connectivity index (χ2n) is 7.08. The molecule has 3 aromatic heterocycles. The van der Waals surface area contributed by atoms with E-state index in [0.717, 1.165) is 24.2 Å². The summed E-state index contributed by atoms with van der Waals surface area (Å²) in [7, 11) is 0. The van der Waals surface area contributed by atoms with E-state index >= 15 is 0 Å². The molecule has 0 radical (unpaired) electrons. The van der Waals surface area contributed by atoms with Gasteiger partial charge in [0.05, 0.1) is 5.52 Å². The molecular weight excluding hydrogens is 365 g/mol. The molecule has 5 rings (SSSR count). The number of fused-ring (bicyclic) bond motifs is 2. The molecule has 3 heterocycles. The minimum absolute atomic E-state index is 0.125. The lowest BCUT2D eigenvalue weighted by Gasteiger charge is -2.14. The summed E-state index contributed by atoms with van der Waals surface area (Å²) in [5, 5.41) is 0.372. The fourth-order valence-corrected chi connectivity index (χ4v) is 4.65. The van der Waals surface area contributed by atoms with Gasteiger partial charge < -0.3 is 4.57 Å². The van der Waals surface area contributed by atoms with Crippen molar-refractivity contribution in [2.75, 3.05) is 0 Å². The largest absolute Gasteiger partial charge is 0.328 e. The second kappa shape index (κ2) is 5.60. The number of benzene rings is 1. The molecule has 0 unspecified atom stereocenters. The third-order valence-electron chi connectivity index (χ3n) is 5.14. The van der Waals surface area contributed by atoms with E-state index in [-0.39, 0.29) is 16.8 Å². The first-order valence-corrected chi connectivity index (χ1v) is 9.61. The van der Waals surface area contributed by atoms with Crippen LogP contribution in [0.3, 0.4) is 0 Å². The number of hydrogen-bond donors (Lipinski definition) is 1. The highest BCUT2D eigenvalue weighted by atomic mass is 32.1. The number of nitrogens with zero attached hydrogens (tertiary/aromatic N) is 2. The maximum atomic E-state index is 15.0. The standard InChI is InChI=1S/C20H16FN3O2S/c1-9-3-6-12(10(2)22-9)13-8-16-14(7-15(13)21)18(25)17-19(26)23-27-20(17)24(16)11-4-5-11/h3,6-8,11H,4-5H2,1-2H3,(H,23,26). The Morgan fingerprint density at radius 1 is 1.19 bits per heavy atom. The minimum atomic E-state index is -0.485. The van der Waals surface area contributed by atoms with Crippen LogP contribution in [0, 0.1) is 19.7 Å². The van der Waals surface area contributed by atoms with Crippen LogP contribution in [0.15, 0.2) is 33.9 Å². The van der Waals surface area contributed by atoms with Gasteiger partial charge in [0, 0.05) is 33.9 Å². The Hall–Kier alpha value is -2.80. The summed E-state index contributed by atoms with van der Waals surface area (Å²) < 4.78 is 19.7. The van der Waals surface area contributed by atoms with Crippen LogP contribution in [0.5, 0.6) is 0 Å². The average Bonchev–Trinajstić information content (AvgIpc) is 3.38. The van der Waals surface area contributed by atoms with Gasteiger partial charge in [-0.1, -0.05) is 6.07 Å². The molecule has 1 aliphatic rings. The van der Waals surface area contributed by atoms with Crippen LogP contribution in [0.25, 0.3) is 32.2 Å². The summed E-state index contributed by atoms with van der Waals surface area (Å²) >= 11 is 1.17. The van der Waals surface area contributed by atoms with E-state index in [0.29, 0.717) is 21.5 Å². The molecule has 0 bridgehead atoms. The van der Waals surface area contributed by atoms with Gasteiger partial charge in [0.15, 0.2) is 0 Å². The quantitative estimate of drug-likeness (QED) is 0.569. The molecule has 0 saturated heterocycles. The Bertz CT molecular complexity index is 1360. The molecular formula is C20H16FN3O2S. The predicted octanol–water partition coefficient (Wildman–Crippen LogP) is 4.06. The lowest BCUT2D eigenvalue weighted by molar-refractivity contribution is 0.632. The number of nitrogens with one attached hydrogen (secondary N) is 1. The van der Waals surface area contributed by atoms with E-state index in [1.54, 1.807) is 6.07 Å². The lowest BCUT2D eigenvalue weighted by atomic mass is 10.0. The van der Waals surface area contributed by atoms with Gasteiger partial charge in [-0.05, 0) is 56.4 Å². The van der Waals surface area contributed by atoms with Crippen LogP contribution in [0.4, 0.5) is 4.39 Å². The molecule has 0 amide bonds. The van der Waals surface area contributed by atoms with Gasteiger partial charge in [-0.2, -0.15) is 0 Å². The van der Waals surface area contributed by atoms with Gasteiger partial charge in [-0.15, -0.1) is 0 Å². The topological polar surface area (TPSA) is 67.8 Å². The number of hydrogen-bond acceptors (Lipinski definition) is 4. The van der Waals surface area contributed by atoms with E-state index in [4.69, 9.17) is 0 Å². The normalized spacial score (nSPS) is 14.3. The molecule has 0 atom stereocenters. The Balaban J connectivity index is 1.93. The van der Waals surface area contributed by atoms with Crippen LogP contribution in [-0.2, 0) is 0 Å². The number of pyridine rings is 2. The van der Waals surface area contributed by atoms with Crippen molar-refractivity contribution in [2.45, 2.75) is 32.7 Å². The van der Waals surface area contributed by atoms with Gasteiger partial charge in [0.25, 0.3) is 5.56 Å². The van der Waals surface area contributed by atoms with Gasteiger partial charge in [-0.25, -0.2) is 4.39 Å². The Kier molecular flexibility index (Phi) is 3.40. The third kappa shape index (κ3) is 2.38. The van der Waals surface area contributed by atoms with Crippen molar-refractivity contribution in [1.29, 1.82) is 0 Å². The molecule has 1 fully saturated rings. The molecule has 27 heavy (non-hydrogen) atoms. The van der Waals surface area contributed by atoms with Crippen LogP contribution < -0.4 is 11.0 Å². The first-order chi connectivity index (χ1) is 13.0. The zero-order valence-corrected chi connectivity index (χ0v) is 15.6. The monoisotopic (exact) mass is 381 g/mol. The lowest BCUT2D eigenvalue weighted by Crippen LogP contribution is -2.15. The molecule has 4 aromatic rings. The van der Waals surface area contributed by atoms with Crippen molar-refractivity contribution in [3.8, 4) is 11.1 Å². The number of aromatic nitrogens is 3. The molecule has 1 aromatic carbocycles. The van der Waals surface area contributed by atoms with E-state index in [1.807, 2.05) is 30.5 Å². The fraction of sp³-hybridized carbons (Fsp3) is 0.250. The number of halogens is 1. The van der Waals surface area contributed by atoms with Crippen LogP contribution in [-0.4, -0.2) is 13.9 Å². The van der Waals surface area contributed by atoms with Crippen molar-refractivity contribution in [3.05, 3.63) is 62.0 Å². The Labute approximate surface area is 157 Å². The van der Waals surface area contributed by atoms with E-state index in [1.165, 1.54) is 17.6 Å². The average molecular weight is 381 g/mol. The van der Waals surface area contributed by atoms with Crippen molar-refractivity contribution in [1.82, 2.24) is 13.9 Å². The molecule has 0 spiro atoms. The van der Waals surface area contributed by atoms with Crippen molar-refractivity contribution in [2.24, 2.45) is 0 Å². The van der Waals surface area contributed by atoms with Crippen LogP contribution in [0.1, 0.15) is 30.3 Å². The Morgan fingerprint density at radius 3 is 2.67 bits per heavy atom. The predicted molar refractivity (Wildman–Crippen MR) is 105 cm³/mol. The minimum Gasteiger partial charge on any atom is -0.328 e. The zero-order valence-electron chi connectivity index (χ0n) is 14.8. The Morgan fingerprint density at radius 2 is 1.96 bits per heavy atom. The van der Waals surface area contributed by atoms with Crippen molar-refractivity contribution >= 4 is 32.7 Å². The number of rotatable bonds is 2. The maximum absolute atomic E-state index is 15.0. The summed E-state index contributed by atoms with van der Waals surface area (Å²) in [6.07, 6.45) is 1.97. The maximum Gasteiger partial charge on any atom is 0.271 e. The molecule has 0 aliphatic heterocycles. The highest BCUT2D eigenvalue weighted by Crippen LogP contribution is 2.41. The smallest absolute Gasteiger partial charge is 0.271 e. The number of aromatic amines is 1. The highest BCUT2D eigenvalue weighted by molar-refractivity contribution is 7.12. The van der Waals surface area contributed by atoms with Gasteiger partial charge >= 0.3 is 0 Å². The number of aryl methyl sites for hydroxylation is 2.